The van der Waals surface area contributed by atoms with Gasteiger partial charge in [0.05, 0.1) is 49.2 Å². The summed E-state index contributed by atoms with van der Waals surface area (Å²) in [6.45, 7) is 4.56. The summed E-state index contributed by atoms with van der Waals surface area (Å²) in [5.41, 5.74) is 5.12. The Labute approximate surface area is 289 Å². The molecule has 3 amide bonds. The minimum atomic E-state index is -0.394. The highest BCUT2D eigenvalue weighted by Crippen LogP contribution is 2.24. The summed E-state index contributed by atoms with van der Waals surface area (Å²) in [7, 11) is 4.39. The molecule has 3 aromatic carbocycles. The van der Waals surface area contributed by atoms with E-state index in [1.807, 2.05) is 60.7 Å². The number of nitrogens with zero attached hydrogens (tertiary/aromatic N) is 4. The molecule has 9 heteroatoms. The molecule has 1 N–H and O–H groups in total. The number of rotatable bonds is 13. The third kappa shape index (κ3) is 8.79. The molecule has 0 aliphatic carbocycles. The number of carbonyl (C=O) groups is 3. The number of unbranched alkanes of at least 4 members (excludes halogenated alkanes) is 1. The van der Waals surface area contributed by atoms with Gasteiger partial charge in [-0.15, -0.1) is 0 Å². The molecular weight excluding hydrogens is 614 g/mol. The number of ether oxygens (including phenoxy) is 1. The Hall–Kier alpha value is -4.86. The number of hydrogen-bond donors (Lipinski definition) is 1. The van der Waals surface area contributed by atoms with E-state index in [9.17, 15) is 14.4 Å². The molecule has 2 aliphatic rings. The van der Waals surface area contributed by atoms with Gasteiger partial charge < -0.3 is 14.5 Å². The molecule has 1 saturated heterocycles. The molecule has 254 valence electrons. The first-order valence-electron chi connectivity index (χ1n) is 17.3. The highest BCUT2D eigenvalue weighted by Gasteiger charge is 2.34. The molecule has 0 spiro atoms. The smallest absolute Gasteiger partial charge is 0.408 e. The van der Waals surface area contributed by atoms with Crippen LogP contribution < -0.4 is 5.32 Å². The first kappa shape index (κ1) is 34.0. The normalized spacial score (nSPS) is 15.4. The number of hydrogen-bond acceptors (Lipinski definition) is 6. The summed E-state index contributed by atoms with van der Waals surface area (Å²) in [5.74, 6) is -0.373. The van der Waals surface area contributed by atoms with Crippen LogP contribution in [-0.2, 0) is 17.8 Å². The van der Waals surface area contributed by atoms with Crippen LogP contribution in [0, 0.1) is 0 Å². The average molecular weight is 661 g/mol. The van der Waals surface area contributed by atoms with Crippen molar-refractivity contribution in [3.05, 3.63) is 137 Å². The van der Waals surface area contributed by atoms with Crippen molar-refractivity contribution in [2.75, 3.05) is 40.3 Å². The second-order valence-electron chi connectivity index (χ2n) is 13.7. The van der Waals surface area contributed by atoms with E-state index in [-0.39, 0.29) is 24.0 Å². The lowest BCUT2D eigenvalue weighted by molar-refractivity contribution is -0.904. The Morgan fingerprint density at radius 1 is 0.796 bits per heavy atom. The van der Waals surface area contributed by atoms with Crippen LogP contribution in [0.5, 0.6) is 0 Å². The van der Waals surface area contributed by atoms with Crippen LogP contribution >= 0.6 is 0 Å². The summed E-state index contributed by atoms with van der Waals surface area (Å²) in [5, 5.41) is 3.09. The van der Waals surface area contributed by atoms with Gasteiger partial charge in [-0.2, -0.15) is 0 Å². The molecule has 0 saturated carbocycles. The molecule has 9 nitrogen and oxygen atoms in total. The number of piperidine rings is 1. The Bertz CT molecular complexity index is 1660. The second kappa shape index (κ2) is 15.6. The number of fused-ring (bicyclic) bond motifs is 1. The molecule has 49 heavy (non-hydrogen) atoms. The summed E-state index contributed by atoms with van der Waals surface area (Å²) in [6, 6.07) is 32.9. The molecule has 1 aromatic heterocycles. The number of nitrogens with one attached hydrogen (secondary N) is 1. The number of imide groups is 1. The van der Waals surface area contributed by atoms with Crippen molar-refractivity contribution in [2.45, 2.75) is 50.9 Å². The topological polar surface area (TPSA) is 91.8 Å². The van der Waals surface area contributed by atoms with Crippen molar-refractivity contribution in [1.29, 1.82) is 0 Å². The van der Waals surface area contributed by atoms with Crippen molar-refractivity contribution in [3.8, 4) is 0 Å². The molecule has 4 aromatic rings. The third-order valence-electron chi connectivity index (χ3n) is 9.45. The molecule has 0 radical (unpaired) electrons. The van der Waals surface area contributed by atoms with Crippen LogP contribution in [0.3, 0.4) is 0 Å². The number of likely N-dealkylation sites (tertiary alicyclic amines) is 1. The van der Waals surface area contributed by atoms with Crippen molar-refractivity contribution < 1.29 is 23.6 Å². The zero-order valence-corrected chi connectivity index (χ0v) is 28.5. The van der Waals surface area contributed by atoms with Crippen molar-refractivity contribution in [1.82, 2.24) is 20.1 Å². The van der Waals surface area contributed by atoms with E-state index in [0.717, 1.165) is 85.4 Å². The van der Waals surface area contributed by atoms with Gasteiger partial charge >= 0.3 is 6.09 Å². The third-order valence-corrected chi connectivity index (χ3v) is 9.45. The molecule has 0 atom stereocenters. The van der Waals surface area contributed by atoms with Crippen LogP contribution in [0.1, 0.15) is 75.0 Å². The maximum absolute atomic E-state index is 13.0. The Morgan fingerprint density at radius 2 is 1.37 bits per heavy atom. The maximum atomic E-state index is 13.0. The zero-order chi connectivity index (χ0) is 34.2. The largest absolute Gasteiger partial charge is 0.446 e. The quantitative estimate of drug-likeness (QED) is 0.104. The van der Waals surface area contributed by atoms with Crippen molar-refractivity contribution in [2.24, 2.45) is 0 Å². The monoisotopic (exact) mass is 660 g/mol. The van der Waals surface area contributed by atoms with Crippen LogP contribution in [0.4, 0.5) is 4.79 Å². The Kier molecular flexibility index (Phi) is 10.8. The van der Waals surface area contributed by atoms with Crippen molar-refractivity contribution in [3.63, 3.8) is 0 Å². The zero-order valence-electron chi connectivity index (χ0n) is 28.5. The first-order valence-corrected chi connectivity index (χ1v) is 17.3. The van der Waals surface area contributed by atoms with Crippen LogP contribution in [0.15, 0.2) is 103 Å². The molecule has 3 heterocycles. The van der Waals surface area contributed by atoms with E-state index in [4.69, 9.17) is 9.72 Å². The molecular formula is C40H46N5O4+. The fourth-order valence-corrected chi connectivity index (χ4v) is 6.84. The Morgan fingerprint density at radius 3 is 1.98 bits per heavy atom. The van der Waals surface area contributed by atoms with Gasteiger partial charge in [-0.25, -0.2) is 4.79 Å². The minimum absolute atomic E-state index is 0.127. The highest BCUT2D eigenvalue weighted by molar-refractivity contribution is 6.21. The fourth-order valence-electron chi connectivity index (χ4n) is 6.84. The number of benzene rings is 3. The highest BCUT2D eigenvalue weighted by atomic mass is 16.6. The van der Waals surface area contributed by atoms with Gasteiger partial charge in [-0.05, 0) is 61.1 Å². The number of amides is 3. The van der Waals surface area contributed by atoms with E-state index >= 15 is 0 Å². The number of pyridine rings is 1. The van der Waals surface area contributed by atoms with Gasteiger partial charge in [-0.3, -0.25) is 24.4 Å². The molecule has 2 aliphatic heterocycles. The van der Waals surface area contributed by atoms with E-state index in [0.29, 0.717) is 17.7 Å². The maximum Gasteiger partial charge on any atom is 0.408 e. The number of carbonyl (C=O) groups excluding carboxylic acids is 3. The molecule has 0 unspecified atom stereocenters. The van der Waals surface area contributed by atoms with Gasteiger partial charge in [0.2, 0.25) is 0 Å². The first-order chi connectivity index (χ1) is 23.8. The van der Waals surface area contributed by atoms with Crippen molar-refractivity contribution >= 4 is 17.9 Å². The van der Waals surface area contributed by atoms with E-state index in [1.54, 1.807) is 24.3 Å². The summed E-state index contributed by atoms with van der Waals surface area (Å²) in [4.78, 5) is 47.1. The van der Waals surface area contributed by atoms with Gasteiger partial charge in [0.15, 0.2) is 0 Å². The lowest BCUT2D eigenvalue weighted by Crippen LogP contribution is -2.41. The predicted molar refractivity (Wildman–Crippen MR) is 189 cm³/mol. The van der Waals surface area contributed by atoms with Crippen LogP contribution in [0.25, 0.3) is 0 Å². The lowest BCUT2D eigenvalue weighted by Gasteiger charge is -2.32. The minimum Gasteiger partial charge on any atom is -0.446 e. The van der Waals surface area contributed by atoms with Gasteiger partial charge in [0.25, 0.3) is 11.8 Å². The molecule has 0 bridgehead atoms. The SMILES string of the molecule is C[N+](C)(CCCCN1C(=O)c2ccccc2C1=O)Cc1cccc(CN2CCC(OC(=O)NC(c3ccccc3)c3ccccc3)CC2)n1. The van der Waals surface area contributed by atoms with Gasteiger partial charge in [-0.1, -0.05) is 78.9 Å². The summed E-state index contributed by atoms with van der Waals surface area (Å²) < 4.78 is 6.66. The second-order valence-corrected chi connectivity index (χ2v) is 13.7. The van der Waals surface area contributed by atoms with Gasteiger partial charge in [0.1, 0.15) is 12.6 Å². The fraction of sp³-hybridized carbons (Fsp3) is 0.350. The number of aromatic nitrogens is 1. The Balaban J connectivity index is 0.933. The number of alkyl carbamates (subject to hydrolysis) is 1. The lowest BCUT2D eigenvalue weighted by atomic mass is 9.99. The standard InChI is InChI=1S/C40H45N5O4/c1-45(2,27-12-11-24-44-38(46)35-20-9-10-21-36(35)39(44)47)29-33-19-13-18-32(41-33)28-43-25-22-34(23-26-43)49-40(48)42-37(30-14-5-3-6-15-30)31-16-7-4-8-17-31/h3-10,13-21,34,37H,11-12,22-29H2,1-2H3/p+1. The van der Waals surface area contributed by atoms with Crippen LogP contribution in [0.2, 0.25) is 0 Å². The molecule has 6 rings (SSSR count). The van der Waals surface area contributed by atoms with Gasteiger partial charge in [0, 0.05) is 26.2 Å². The summed E-state index contributed by atoms with van der Waals surface area (Å²) >= 11 is 0. The average Bonchev–Trinajstić information content (AvgIpc) is 3.35. The summed E-state index contributed by atoms with van der Waals surface area (Å²) in [6.07, 6.45) is 2.70. The number of quaternary nitrogens is 1. The van der Waals surface area contributed by atoms with E-state index in [1.165, 1.54) is 4.90 Å². The molecule has 1 fully saturated rings. The van der Waals surface area contributed by atoms with E-state index < -0.39 is 6.09 Å². The van der Waals surface area contributed by atoms with Crippen LogP contribution in [-0.4, -0.2) is 83.6 Å². The predicted octanol–water partition coefficient (Wildman–Crippen LogP) is 6.21. The van der Waals surface area contributed by atoms with E-state index in [2.05, 4.69) is 42.5 Å².